The molecule has 0 unspecified atom stereocenters. The molecule has 0 saturated heterocycles. The number of nitrogens with one attached hydrogen (secondary N) is 1. The average molecular weight is 330 g/mol. The molecule has 2 heteroatoms. The van der Waals surface area contributed by atoms with Crippen molar-refractivity contribution < 1.29 is 4.79 Å². The first kappa shape index (κ1) is 17.8. The Morgan fingerprint density at radius 2 is 1.46 bits per heavy atom. The van der Waals surface area contributed by atoms with E-state index in [0.717, 1.165) is 42.9 Å². The molecular formula is C22H35NO. The van der Waals surface area contributed by atoms with Crippen molar-refractivity contribution in [2.75, 3.05) is 0 Å². The lowest BCUT2D eigenvalue weighted by atomic mass is 9.54. The van der Waals surface area contributed by atoms with E-state index in [9.17, 15) is 4.79 Å². The molecule has 0 heterocycles. The summed E-state index contributed by atoms with van der Waals surface area (Å²) in [7, 11) is 0. The zero-order valence-electron chi connectivity index (χ0n) is 15.8. The van der Waals surface area contributed by atoms with Crippen LogP contribution >= 0.6 is 0 Å². The van der Waals surface area contributed by atoms with Crippen LogP contribution in [0.25, 0.3) is 0 Å². The SMILES string of the molecule is CC(C)=CCC/C(C)=C/CCC(=O)NC1C2CC3CC(C2)CC1C3. The smallest absolute Gasteiger partial charge is 0.220 e. The Balaban J connectivity index is 1.39. The van der Waals surface area contributed by atoms with Crippen LogP contribution in [0.15, 0.2) is 23.3 Å². The zero-order chi connectivity index (χ0) is 17.1. The van der Waals surface area contributed by atoms with Gasteiger partial charge in [-0.25, -0.2) is 0 Å². The van der Waals surface area contributed by atoms with Crippen LogP contribution in [0.5, 0.6) is 0 Å². The Labute approximate surface area is 148 Å². The van der Waals surface area contributed by atoms with Crippen LogP contribution in [0.3, 0.4) is 0 Å². The largest absolute Gasteiger partial charge is 0.353 e. The topological polar surface area (TPSA) is 29.1 Å². The van der Waals surface area contributed by atoms with Crippen LogP contribution in [-0.2, 0) is 4.79 Å². The van der Waals surface area contributed by atoms with Crippen LogP contribution in [-0.4, -0.2) is 11.9 Å². The maximum Gasteiger partial charge on any atom is 0.220 e. The highest BCUT2D eigenvalue weighted by molar-refractivity contribution is 5.76. The molecule has 0 aromatic rings. The molecule has 4 aliphatic rings. The summed E-state index contributed by atoms with van der Waals surface area (Å²) >= 11 is 0. The zero-order valence-corrected chi connectivity index (χ0v) is 15.8. The molecule has 1 N–H and O–H groups in total. The molecule has 0 aliphatic heterocycles. The van der Waals surface area contributed by atoms with Gasteiger partial charge in [-0.05, 0) is 95.8 Å². The van der Waals surface area contributed by atoms with Gasteiger partial charge in [-0.15, -0.1) is 0 Å². The summed E-state index contributed by atoms with van der Waals surface area (Å²) in [5, 5.41) is 3.42. The van der Waals surface area contributed by atoms with Crippen molar-refractivity contribution in [2.45, 2.75) is 84.6 Å². The Hall–Kier alpha value is -1.05. The van der Waals surface area contributed by atoms with E-state index in [1.54, 1.807) is 0 Å². The first-order valence-electron chi connectivity index (χ1n) is 10.1. The lowest BCUT2D eigenvalue weighted by Crippen LogP contribution is -2.55. The van der Waals surface area contributed by atoms with Gasteiger partial charge < -0.3 is 5.32 Å². The van der Waals surface area contributed by atoms with E-state index >= 15 is 0 Å². The predicted octanol–water partition coefficient (Wildman–Crippen LogP) is 5.40. The quantitative estimate of drug-likeness (QED) is 0.622. The van der Waals surface area contributed by atoms with Gasteiger partial charge in [0.15, 0.2) is 0 Å². The molecule has 4 aliphatic carbocycles. The Morgan fingerprint density at radius 3 is 2.04 bits per heavy atom. The van der Waals surface area contributed by atoms with Crippen LogP contribution in [0, 0.1) is 23.7 Å². The monoisotopic (exact) mass is 329 g/mol. The van der Waals surface area contributed by atoms with E-state index < -0.39 is 0 Å². The van der Waals surface area contributed by atoms with Gasteiger partial charge in [-0.1, -0.05) is 23.3 Å². The number of amides is 1. The molecule has 0 spiro atoms. The van der Waals surface area contributed by atoms with E-state index in [-0.39, 0.29) is 5.91 Å². The van der Waals surface area contributed by atoms with Gasteiger partial charge in [0, 0.05) is 12.5 Å². The summed E-state index contributed by atoms with van der Waals surface area (Å²) in [6, 6.07) is 0.494. The van der Waals surface area contributed by atoms with Gasteiger partial charge in [0.2, 0.25) is 5.91 Å². The first-order chi connectivity index (χ1) is 11.5. The van der Waals surface area contributed by atoms with E-state index in [1.165, 1.54) is 43.3 Å². The standard InChI is InChI=1S/C22H35NO/c1-15(2)6-4-7-16(3)8-5-9-21(24)23-22-19-11-17-10-18(13-19)14-20(22)12-17/h6,8,17-20,22H,4-5,7,9-14H2,1-3H3,(H,23,24)/b16-8+. The van der Waals surface area contributed by atoms with Crippen LogP contribution in [0.2, 0.25) is 0 Å². The van der Waals surface area contributed by atoms with Crippen molar-refractivity contribution in [1.82, 2.24) is 5.32 Å². The lowest BCUT2D eigenvalue weighted by molar-refractivity contribution is -0.125. The molecule has 4 fully saturated rings. The second-order valence-electron chi connectivity index (χ2n) is 8.93. The van der Waals surface area contributed by atoms with Gasteiger partial charge in [0.1, 0.15) is 0 Å². The normalized spacial score (nSPS) is 34.3. The number of allylic oxidation sites excluding steroid dienone is 4. The summed E-state index contributed by atoms with van der Waals surface area (Å²) in [5.74, 6) is 3.80. The number of carbonyl (C=O) groups excluding carboxylic acids is 1. The molecule has 4 saturated carbocycles. The molecule has 4 bridgehead atoms. The van der Waals surface area contributed by atoms with Gasteiger partial charge in [0.05, 0.1) is 0 Å². The van der Waals surface area contributed by atoms with Crippen molar-refractivity contribution in [3.8, 4) is 0 Å². The average Bonchev–Trinajstić information content (AvgIpc) is 2.50. The molecular weight excluding hydrogens is 294 g/mol. The predicted molar refractivity (Wildman–Crippen MR) is 101 cm³/mol. The van der Waals surface area contributed by atoms with Crippen molar-refractivity contribution in [3.63, 3.8) is 0 Å². The molecule has 1 amide bonds. The number of hydrogen-bond donors (Lipinski definition) is 1. The highest BCUT2D eigenvalue weighted by Gasteiger charge is 2.48. The van der Waals surface area contributed by atoms with Crippen LogP contribution in [0.4, 0.5) is 0 Å². The maximum atomic E-state index is 12.4. The van der Waals surface area contributed by atoms with E-state index in [0.29, 0.717) is 12.5 Å². The summed E-state index contributed by atoms with van der Waals surface area (Å²) in [5.41, 5.74) is 2.80. The molecule has 2 nitrogen and oxygen atoms in total. The fraction of sp³-hybridized carbons (Fsp3) is 0.773. The van der Waals surface area contributed by atoms with Crippen molar-refractivity contribution >= 4 is 5.91 Å². The second-order valence-corrected chi connectivity index (χ2v) is 8.93. The molecule has 24 heavy (non-hydrogen) atoms. The van der Waals surface area contributed by atoms with Crippen LogP contribution in [0.1, 0.15) is 78.6 Å². The minimum atomic E-state index is 0.279. The first-order valence-corrected chi connectivity index (χ1v) is 10.1. The lowest BCUT2D eigenvalue weighted by Gasteiger charge is -2.54. The van der Waals surface area contributed by atoms with Gasteiger partial charge in [-0.2, -0.15) is 0 Å². The summed E-state index contributed by atoms with van der Waals surface area (Å²) in [6.45, 7) is 6.48. The summed E-state index contributed by atoms with van der Waals surface area (Å²) in [4.78, 5) is 12.4. The third-order valence-electron chi connectivity index (χ3n) is 6.51. The van der Waals surface area contributed by atoms with Gasteiger partial charge in [0.25, 0.3) is 0 Å². The molecule has 0 aromatic heterocycles. The third kappa shape index (κ3) is 4.52. The fourth-order valence-electron chi connectivity index (χ4n) is 5.56. The summed E-state index contributed by atoms with van der Waals surface area (Å²) in [6.07, 6.45) is 15.3. The fourth-order valence-corrected chi connectivity index (χ4v) is 5.56. The molecule has 4 rings (SSSR count). The van der Waals surface area contributed by atoms with E-state index in [1.807, 2.05) is 0 Å². The number of hydrogen-bond acceptors (Lipinski definition) is 1. The van der Waals surface area contributed by atoms with E-state index in [4.69, 9.17) is 0 Å². The van der Waals surface area contributed by atoms with Gasteiger partial charge >= 0.3 is 0 Å². The molecule has 134 valence electrons. The van der Waals surface area contributed by atoms with Crippen molar-refractivity contribution in [1.29, 1.82) is 0 Å². The third-order valence-corrected chi connectivity index (χ3v) is 6.51. The minimum Gasteiger partial charge on any atom is -0.353 e. The Kier molecular flexibility index (Phi) is 5.84. The minimum absolute atomic E-state index is 0.279. The highest BCUT2D eigenvalue weighted by Crippen LogP contribution is 2.53. The second kappa shape index (κ2) is 7.89. The molecule has 0 atom stereocenters. The molecule has 0 aromatic carbocycles. The van der Waals surface area contributed by atoms with Gasteiger partial charge in [-0.3, -0.25) is 4.79 Å². The number of rotatable bonds is 7. The summed E-state index contributed by atoms with van der Waals surface area (Å²) < 4.78 is 0. The number of carbonyl (C=O) groups is 1. The van der Waals surface area contributed by atoms with Crippen molar-refractivity contribution in [2.24, 2.45) is 23.7 Å². The molecule has 0 radical (unpaired) electrons. The Morgan fingerprint density at radius 1 is 0.875 bits per heavy atom. The van der Waals surface area contributed by atoms with Crippen LogP contribution < -0.4 is 5.32 Å². The van der Waals surface area contributed by atoms with Crippen molar-refractivity contribution in [3.05, 3.63) is 23.3 Å². The van der Waals surface area contributed by atoms with E-state index in [2.05, 4.69) is 38.2 Å². The maximum absolute atomic E-state index is 12.4. The highest BCUT2D eigenvalue weighted by atomic mass is 16.1. The Bertz CT molecular complexity index is 484.